The van der Waals surface area contributed by atoms with Crippen molar-refractivity contribution in [3.05, 3.63) is 16.1 Å². The van der Waals surface area contributed by atoms with Crippen molar-refractivity contribution in [2.45, 2.75) is 59.4 Å². The van der Waals surface area contributed by atoms with Gasteiger partial charge in [-0.3, -0.25) is 0 Å². The highest BCUT2D eigenvalue weighted by molar-refractivity contribution is 7.09. The highest BCUT2D eigenvalue weighted by Crippen LogP contribution is 2.31. The van der Waals surface area contributed by atoms with E-state index in [2.05, 4.69) is 38.0 Å². The Morgan fingerprint density at radius 3 is 2.67 bits per heavy atom. The van der Waals surface area contributed by atoms with E-state index >= 15 is 0 Å². The molecule has 0 amide bonds. The predicted octanol–water partition coefficient (Wildman–Crippen LogP) is 3.80. The Morgan fingerprint density at radius 2 is 2.17 bits per heavy atom. The van der Waals surface area contributed by atoms with E-state index in [9.17, 15) is 0 Å². The quantitative estimate of drug-likeness (QED) is 0.847. The average molecular weight is 266 g/mol. The van der Waals surface area contributed by atoms with Gasteiger partial charge in [0.2, 0.25) is 0 Å². The number of thiazole rings is 1. The highest BCUT2D eigenvalue weighted by atomic mass is 32.1. The van der Waals surface area contributed by atoms with Crippen molar-refractivity contribution >= 4 is 11.3 Å². The van der Waals surface area contributed by atoms with Gasteiger partial charge in [-0.1, -0.05) is 20.8 Å². The van der Waals surface area contributed by atoms with Gasteiger partial charge in [-0.15, -0.1) is 11.3 Å². The molecule has 1 saturated carbocycles. The van der Waals surface area contributed by atoms with E-state index in [4.69, 9.17) is 0 Å². The van der Waals surface area contributed by atoms with Gasteiger partial charge >= 0.3 is 0 Å². The van der Waals surface area contributed by atoms with Crippen molar-refractivity contribution in [3.63, 3.8) is 0 Å². The number of rotatable bonds is 6. The van der Waals surface area contributed by atoms with Crippen LogP contribution in [-0.4, -0.2) is 17.6 Å². The molecule has 1 aliphatic carbocycles. The minimum atomic E-state index is 0.389. The lowest BCUT2D eigenvalue weighted by Crippen LogP contribution is -2.33. The summed E-state index contributed by atoms with van der Waals surface area (Å²) in [6, 6.07) is 0.819. The molecule has 0 saturated heterocycles. The summed E-state index contributed by atoms with van der Waals surface area (Å²) in [4.78, 5) is 5.81. The molecule has 1 atom stereocenters. The molecular formula is C15H26N2S. The third-order valence-electron chi connectivity index (χ3n) is 4.02. The van der Waals surface area contributed by atoms with Crippen LogP contribution in [0.15, 0.2) is 5.51 Å². The summed E-state index contributed by atoms with van der Waals surface area (Å²) in [7, 11) is 0. The maximum absolute atomic E-state index is 4.34. The van der Waals surface area contributed by atoms with Crippen molar-refractivity contribution < 1.29 is 0 Å². The number of aromatic nitrogens is 1. The number of nitrogens with one attached hydrogen (secondary N) is 1. The summed E-state index contributed by atoms with van der Waals surface area (Å²) in [5.74, 6) is 0.750. The van der Waals surface area contributed by atoms with Gasteiger partial charge in [0.1, 0.15) is 0 Å². The molecule has 0 aromatic carbocycles. The first-order chi connectivity index (χ1) is 8.47. The number of nitrogens with zero attached hydrogens (tertiary/aromatic N) is 1. The second-order valence-corrected chi connectivity index (χ2v) is 7.58. The zero-order valence-corrected chi connectivity index (χ0v) is 12.9. The van der Waals surface area contributed by atoms with Gasteiger partial charge in [-0.25, -0.2) is 4.98 Å². The van der Waals surface area contributed by atoms with E-state index in [0.717, 1.165) is 12.0 Å². The summed E-state index contributed by atoms with van der Waals surface area (Å²) in [5.41, 5.74) is 3.59. The Labute approximate surface area is 115 Å². The third-order valence-corrected chi connectivity index (χ3v) is 5.01. The van der Waals surface area contributed by atoms with Crippen molar-refractivity contribution in [1.82, 2.24) is 10.3 Å². The van der Waals surface area contributed by atoms with Gasteiger partial charge in [0.15, 0.2) is 0 Å². The molecule has 18 heavy (non-hydrogen) atoms. The van der Waals surface area contributed by atoms with Crippen molar-refractivity contribution in [1.29, 1.82) is 0 Å². The first kappa shape index (κ1) is 14.0. The van der Waals surface area contributed by atoms with Crippen LogP contribution in [0.4, 0.5) is 0 Å². The van der Waals surface area contributed by atoms with E-state index in [1.807, 2.05) is 16.8 Å². The van der Waals surface area contributed by atoms with Crippen molar-refractivity contribution in [3.8, 4) is 0 Å². The van der Waals surface area contributed by atoms with E-state index in [1.54, 1.807) is 0 Å². The van der Waals surface area contributed by atoms with E-state index < -0.39 is 0 Å². The summed E-state index contributed by atoms with van der Waals surface area (Å²) in [5, 5.41) is 3.70. The van der Waals surface area contributed by atoms with Gasteiger partial charge in [0, 0.05) is 10.9 Å². The Morgan fingerprint density at radius 1 is 1.44 bits per heavy atom. The summed E-state index contributed by atoms with van der Waals surface area (Å²) < 4.78 is 0. The van der Waals surface area contributed by atoms with Crippen LogP contribution in [0, 0.1) is 18.3 Å². The lowest BCUT2D eigenvalue weighted by Gasteiger charge is -2.31. The van der Waals surface area contributed by atoms with Crippen LogP contribution in [-0.2, 0) is 6.42 Å². The third kappa shape index (κ3) is 4.06. The molecule has 3 heteroatoms. The van der Waals surface area contributed by atoms with Gasteiger partial charge in [0.05, 0.1) is 11.2 Å². The Kier molecular flexibility index (Phi) is 4.44. The minimum absolute atomic E-state index is 0.389. The molecule has 0 bridgehead atoms. The van der Waals surface area contributed by atoms with Gasteiger partial charge in [-0.2, -0.15) is 0 Å². The molecule has 1 unspecified atom stereocenters. The topological polar surface area (TPSA) is 24.9 Å². The largest absolute Gasteiger partial charge is 0.314 e. The van der Waals surface area contributed by atoms with Crippen LogP contribution < -0.4 is 5.32 Å². The van der Waals surface area contributed by atoms with Crippen LogP contribution >= 0.6 is 11.3 Å². The minimum Gasteiger partial charge on any atom is -0.314 e. The van der Waals surface area contributed by atoms with Gasteiger partial charge in [0.25, 0.3) is 0 Å². The molecule has 102 valence electrons. The van der Waals surface area contributed by atoms with Crippen LogP contribution in [0.1, 0.15) is 50.6 Å². The molecule has 2 rings (SSSR count). The Hall–Kier alpha value is -0.410. The van der Waals surface area contributed by atoms with E-state index in [-0.39, 0.29) is 0 Å². The number of aryl methyl sites for hydroxylation is 2. The smallest absolute Gasteiger partial charge is 0.0797 e. The number of hydrogen-bond donors (Lipinski definition) is 1. The maximum atomic E-state index is 4.34. The number of hydrogen-bond acceptors (Lipinski definition) is 3. The summed E-state index contributed by atoms with van der Waals surface area (Å²) in [6.07, 6.45) is 5.21. The van der Waals surface area contributed by atoms with Crippen molar-refractivity contribution in [2.75, 3.05) is 6.54 Å². The molecule has 1 N–H and O–H groups in total. The normalized spacial score (nSPS) is 18.0. The fraction of sp³-hybridized carbons (Fsp3) is 0.800. The molecule has 1 aromatic heterocycles. The van der Waals surface area contributed by atoms with E-state index in [1.165, 1.54) is 42.8 Å². The molecule has 2 nitrogen and oxygen atoms in total. The fourth-order valence-electron chi connectivity index (χ4n) is 2.31. The summed E-state index contributed by atoms with van der Waals surface area (Å²) in [6.45, 7) is 10.4. The lowest BCUT2D eigenvalue weighted by atomic mass is 9.78. The second-order valence-electron chi connectivity index (χ2n) is 6.65. The monoisotopic (exact) mass is 266 g/mol. The van der Waals surface area contributed by atoms with Gasteiger partial charge in [-0.05, 0) is 50.5 Å². The van der Waals surface area contributed by atoms with E-state index in [0.29, 0.717) is 5.41 Å². The first-order valence-corrected chi connectivity index (χ1v) is 7.97. The molecule has 0 spiro atoms. The lowest BCUT2D eigenvalue weighted by molar-refractivity contribution is 0.218. The van der Waals surface area contributed by atoms with Crippen molar-refractivity contribution in [2.24, 2.45) is 11.3 Å². The first-order valence-electron chi connectivity index (χ1n) is 7.09. The molecule has 1 heterocycles. The maximum Gasteiger partial charge on any atom is 0.0797 e. The average Bonchev–Trinajstić information content (AvgIpc) is 3.00. The molecule has 1 aromatic rings. The second kappa shape index (κ2) is 5.70. The molecule has 1 fully saturated rings. The van der Waals surface area contributed by atoms with Crippen LogP contribution in [0.3, 0.4) is 0 Å². The predicted molar refractivity (Wildman–Crippen MR) is 79.1 cm³/mol. The van der Waals surface area contributed by atoms with Crippen LogP contribution in [0.5, 0.6) is 0 Å². The highest BCUT2D eigenvalue weighted by Gasteiger charge is 2.27. The van der Waals surface area contributed by atoms with Crippen LogP contribution in [0.25, 0.3) is 0 Å². The van der Waals surface area contributed by atoms with Gasteiger partial charge < -0.3 is 5.32 Å². The molecule has 0 aliphatic heterocycles. The summed E-state index contributed by atoms with van der Waals surface area (Å²) >= 11 is 1.81. The fourth-order valence-corrected chi connectivity index (χ4v) is 3.11. The molecular weight excluding hydrogens is 240 g/mol. The Bertz CT molecular complexity index is 374. The zero-order valence-electron chi connectivity index (χ0n) is 12.1. The van der Waals surface area contributed by atoms with Crippen LogP contribution in [0.2, 0.25) is 0 Å². The standard InChI is InChI=1S/C15H26N2S/c1-11-14(18-10-17-11)8-5-12(15(2,3)4)9-16-13-6-7-13/h10,12-13,16H,5-9H2,1-4H3. The molecule has 1 aliphatic rings. The Balaban J connectivity index is 1.86. The SMILES string of the molecule is Cc1ncsc1CCC(CNC1CC1)C(C)(C)C. The molecule has 0 radical (unpaired) electrons. The zero-order chi connectivity index (χ0) is 13.2.